The van der Waals surface area contributed by atoms with E-state index < -0.39 is 18.1 Å². The summed E-state index contributed by atoms with van der Waals surface area (Å²) in [5.41, 5.74) is 0. The van der Waals surface area contributed by atoms with E-state index in [0.29, 0.717) is 0 Å². The fraction of sp³-hybridized carbons (Fsp3) is 0.571. The Bertz CT molecular complexity index is 865. The van der Waals surface area contributed by atoms with Crippen LogP contribution >= 0.6 is 31.8 Å². The molecule has 202 valence electrons. The maximum atomic E-state index is 13.7. The normalized spacial score (nSPS) is 12.9. The van der Waals surface area contributed by atoms with Gasteiger partial charge in [-0.2, -0.15) is 0 Å². The van der Waals surface area contributed by atoms with Crippen molar-refractivity contribution in [2.45, 2.75) is 75.0 Å². The fourth-order valence-electron chi connectivity index (χ4n) is 4.26. The summed E-state index contributed by atoms with van der Waals surface area (Å²) >= 11 is 3.20. The molecule has 5 nitrogen and oxygen atoms in total. The first kappa shape index (κ1) is 31.1. The van der Waals surface area contributed by atoms with Gasteiger partial charge >= 0.3 is 8.25 Å². The maximum absolute atomic E-state index is 13.7. The van der Waals surface area contributed by atoms with Crippen molar-refractivity contribution in [2.24, 2.45) is 23.7 Å². The van der Waals surface area contributed by atoms with E-state index >= 15 is 0 Å². The molecule has 0 spiro atoms. The van der Waals surface area contributed by atoms with Crippen molar-refractivity contribution >= 4 is 31.8 Å². The Morgan fingerprint density at radius 3 is 1.08 bits per heavy atom. The van der Waals surface area contributed by atoms with Crippen molar-refractivity contribution in [2.75, 3.05) is 14.2 Å². The second-order valence-electron chi connectivity index (χ2n) is 10.1. The molecule has 0 aliphatic heterocycles. The zero-order valence-electron chi connectivity index (χ0n) is 23.3. The Balaban J connectivity index is 2.36. The van der Waals surface area contributed by atoms with Crippen LogP contribution in [0.25, 0.3) is 0 Å². The molecule has 0 aromatic heterocycles. The number of thioether (sulfide) groups is 2. The zero-order valence-corrected chi connectivity index (χ0v) is 25.9. The zero-order chi connectivity index (χ0) is 27.1. The molecule has 0 unspecified atom stereocenters. The van der Waals surface area contributed by atoms with Gasteiger partial charge in [0, 0.05) is 9.79 Å². The van der Waals surface area contributed by atoms with Crippen LogP contribution in [0.5, 0.6) is 11.5 Å². The molecular formula is C28H43O5PS2. The number of rotatable bonds is 14. The lowest BCUT2D eigenvalue weighted by Crippen LogP contribution is -2.41. The highest BCUT2D eigenvalue weighted by Gasteiger charge is 2.46. The van der Waals surface area contributed by atoms with E-state index in [2.05, 4.69) is 55.4 Å². The van der Waals surface area contributed by atoms with Crippen LogP contribution in [-0.2, 0) is 13.6 Å². The first-order valence-corrected chi connectivity index (χ1v) is 15.3. The van der Waals surface area contributed by atoms with Crippen molar-refractivity contribution in [3.63, 3.8) is 0 Å². The van der Waals surface area contributed by atoms with Crippen molar-refractivity contribution in [3.05, 3.63) is 48.5 Å². The second-order valence-corrected chi connectivity index (χ2v) is 13.6. The van der Waals surface area contributed by atoms with Crippen LogP contribution in [0.4, 0.5) is 0 Å². The highest BCUT2D eigenvalue weighted by molar-refractivity contribution is 8.01. The van der Waals surface area contributed by atoms with Crippen LogP contribution < -0.4 is 9.47 Å². The number of hydrogen-bond donors (Lipinski definition) is 0. The molecular weight excluding hydrogens is 511 g/mol. The Morgan fingerprint density at radius 2 is 0.861 bits per heavy atom. The predicted molar refractivity (Wildman–Crippen MR) is 154 cm³/mol. The number of hydrogen-bond acceptors (Lipinski definition) is 7. The van der Waals surface area contributed by atoms with Gasteiger partial charge in [0.05, 0.1) is 14.2 Å². The van der Waals surface area contributed by atoms with Gasteiger partial charge in [0.1, 0.15) is 21.4 Å². The maximum Gasteiger partial charge on any atom is 0.321 e. The van der Waals surface area contributed by atoms with E-state index in [1.54, 1.807) is 37.7 Å². The molecule has 0 bridgehead atoms. The quantitative estimate of drug-likeness (QED) is 0.131. The summed E-state index contributed by atoms with van der Waals surface area (Å²) in [5.74, 6) is 1.94. The van der Waals surface area contributed by atoms with E-state index in [9.17, 15) is 4.57 Å². The second kappa shape index (κ2) is 13.6. The van der Waals surface area contributed by atoms with Crippen LogP contribution in [0.1, 0.15) is 55.4 Å². The Morgan fingerprint density at radius 1 is 0.583 bits per heavy atom. The van der Waals surface area contributed by atoms with Crippen LogP contribution in [-0.4, -0.2) is 24.1 Å². The third kappa shape index (κ3) is 7.48. The number of ether oxygens (including phenoxy) is 2. The molecule has 0 heterocycles. The largest absolute Gasteiger partial charge is 0.497 e. The van der Waals surface area contributed by atoms with Crippen LogP contribution in [0.2, 0.25) is 0 Å². The minimum absolute atomic E-state index is 0.0869. The Labute approximate surface area is 227 Å². The highest BCUT2D eigenvalue weighted by Crippen LogP contribution is 2.56. The molecule has 0 saturated carbocycles. The number of methoxy groups -OCH3 is 2. The van der Waals surface area contributed by atoms with E-state index in [-0.39, 0.29) is 23.7 Å². The molecule has 8 heteroatoms. The molecule has 36 heavy (non-hydrogen) atoms. The first-order valence-electron chi connectivity index (χ1n) is 12.5. The summed E-state index contributed by atoms with van der Waals surface area (Å²) in [4.78, 5) is 0.601. The molecule has 0 atom stereocenters. The van der Waals surface area contributed by atoms with Crippen molar-refractivity contribution in [1.82, 2.24) is 0 Å². The minimum Gasteiger partial charge on any atom is -0.497 e. The van der Waals surface area contributed by atoms with Crippen molar-refractivity contribution in [3.8, 4) is 11.5 Å². The standard InChI is InChI=1S/C28H43O5PS2/c1-19(2)27(20(3)4,35-25-15-11-23(30-9)12-16-25)32-34(29)33-28(21(5)6,22(7)8)36-26-17-13-24(31-10)14-18-26/h11-22,34H,1-10H3. The van der Waals surface area contributed by atoms with E-state index in [1.807, 2.05) is 48.5 Å². The molecule has 0 fully saturated rings. The van der Waals surface area contributed by atoms with Gasteiger partial charge in [0.15, 0.2) is 0 Å². The molecule has 2 aromatic rings. The van der Waals surface area contributed by atoms with Crippen molar-refractivity contribution < 1.29 is 23.1 Å². The molecule has 0 saturated heterocycles. The monoisotopic (exact) mass is 554 g/mol. The number of benzene rings is 2. The van der Waals surface area contributed by atoms with Crippen molar-refractivity contribution in [1.29, 1.82) is 0 Å². The first-order chi connectivity index (χ1) is 16.9. The van der Waals surface area contributed by atoms with Crippen LogP contribution in [0.15, 0.2) is 58.3 Å². The SMILES string of the molecule is COc1ccc(SC(O[PH](=O)OC(Sc2ccc(OC)cc2)(C(C)C)C(C)C)(C(C)C)C(C)C)cc1. The van der Waals surface area contributed by atoms with Crippen LogP contribution in [0, 0.1) is 23.7 Å². The summed E-state index contributed by atoms with van der Waals surface area (Å²) in [6.07, 6.45) is 0. The lowest BCUT2D eigenvalue weighted by molar-refractivity contribution is 0.0150. The van der Waals surface area contributed by atoms with Gasteiger partial charge in [-0.15, -0.1) is 0 Å². The molecule has 0 radical (unpaired) electrons. The summed E-state index contributed by atoms with van der Waals surface area (Å²) < 4.78 is 37.3. The van der Waals surface area contributed by atoms with E-state index in [1.165, 1.54) is 0 Å². The highest BCUT2D eigenvalue weighted by atomic mass is 32.2. The predicted octanol–water partition coefficient (Wildman–Crippen LogP) is 9.03. The summed E-state index contributed by atoms with van der Waals surface area (Å²) in [7, 11) is 0.422. The minimum atomic E-state index is -2.89. The van der Waals surface area contributed by atoms with Gasteiger partial charge in [0.25, 0.3) is 0 Å². The molecule has 2 rings (SSSR count). The summed E-state index contributed by atoms with van der Waals surface area (Å²) in [5, 5.41) is 0. The van der Waals surface area contributed by atoms with Gasteiger partial charge in [-0.05, 0) is 72.2 Å². The molecule has 0 amide bonds. The average molecular weight is 555 g/mol. The van der Waals surface area contributed by atoms with E-state index in [4.69, 9.17) is 18.5 Å². The van der Waals surface area contributed by atoms with Gasteiger partial charge in [0.2, 0.25) is 0 Å². The lowest BCUT2D eigenvalue weighted by Gasteiger charge is -2.43. The summed E-state index contributed by atoms with van der Waals surface area (Å²) in [6.45, 7) is 16.9. The average Bonchev–Trinajstić information content (AvgIpc) is 2.83. The fourth-order valence-corrected chi connectivity index (χ4v) is 8.73. The van der Waals surface area contributed by atoms with Gasteiger partial charge in [-0.3, -0.25) is 13.6 Å². The molecule has 0 aliphatic rings. The molecule has 2 aromatic carbocycles. The smallest absolute Gasteiger partial charge is 0.321 e. The molecule has 0 N–H and O–H groups in total. The van der Waals surface area contributed by atoms with Gasteiger partial charge in [-0.1, -0.05) is 78.9 Å². The topological polar surface area (TPSA) is 54.0 Å². The van der Waals surface area contributed by atoms with Gasteiger partial charge < -0.3 is 9.47 Å². The third-order valence-electron chi connectivity index (χ3n) is 6.38. The Hall–Kier alpha value is -1.11. The lowest BCUT2D eigenvalue weighted by atomic mass is 9.95. The van der Waals surface area contributed by atoms with Gasteiger partial charge in [-0.25, -0.2) is 0 Å². The summed E-state index contributed by atoms with van der Waals surface area (Å²) in [6, 6.07) is 15.8. The van der Waals surface area contributed by atoms with E-state index in [0.717, 1.165) is 21.3 Å². The Kier molecular flexibility index (Phi) is 11.8. The third-order valence-corrected chi connectivity index (χ3v) is 11.4. The molecule has 0 aliphatic carbocycles. The van der Waals surface area contributed by atoms with Crippen LogP contribution in [0.3, 0.4) is 0 Å².